The van der Waals surface area contributed by atoms with Gasteiger partial charge in [-0.05, 0) is 24.5 Å². The number of nitrogens with one attached hydrogen (secondary N) is 1. The van der Waals surface area contributed by atoms with Crippen LogP contribution in [-0.2, 0) is 4.74 Å². The molecule has 1 aromatic rings. The number of ether oxygens (including phenoxy) is 1. The number of halogens is 2. The Morgan fingerprint density at radius 2 is 2.08 bits per heavy atom. The van der Waals surface area contributed by atoms with Crippen molar-refractivity contribution in [3.05, 3.63) is 28.0 Å². The SMILES string of the molecule is CC(C)CC(CNc1cc(Br)cc(F)c1C(N)=O)N1CCOCC1. The number of amides is 1. The number of nitrogens with two attached hydrogens (primary N) is 1. The van der Waals surface area contributed by atoms with Crippen molar-refractivity contribution in [3.63, 3.8) is 0 Å². The summed E-state index contributed by atoms with van der Waals surface area (Å²) in [6.45, 7) is 8.21. The molecule has 1 saturated heterocycles. The summed E-state index contributed by atoms with van der Waals surface area (Å²) >= 11 is 3.26. The highest BCUT2D eigenvalue weighted by Gasteiger charge is 2.23. The molecule has 7 heteroatoms. The highest BCUT2D eigenvalue weighted by molar-refractivity contribution is 9.10. The Balaban J connectivity index is 2.14. The van der Waals surface area contributed by atoms with Crippen LogP contribution in [0.2, 0.25) is 0 Å². The summed E-state index contributed by atoms with van der Waals surface area (Å²) in [4.78, 5) is 14.0. The number of rotatable bonds is 7. The molecule has 1 aromatic carbocycles. The van der Waals surface area contributed by atoms with Crippen molar-refractivity contribution >= 4 is 27.5 Å². The number of benzene rings is 1. The molecular formula is C17H25BrFN3O2. The number of carbonyl (C=O) groups is 1. The van der Waals surface area contributed by atoms with Crippen LogP contribution in [0, 0.1) is 11.7 Å². The van der Waals surface area contributed by atoms with Gasteiger partial charge in [0.05, 0.1) is 24.5 Å². The molecule has 2 rings (SSSR count). The van der Waals surface area contributed by atoms with Gasteiger partial charge in [-0.1, -0.05) is 29.8 Å². The molecule has 1 aliphatic rings. The maximum atomic E-state index is 14.1. The fourth-order valence-electron chi connectivity index (χ4n) is 3.04. The van der Waals surface area contributed by atoms with Gasteiger partial charge in [-0.3, -0.25) is 9.69 Å². The zero-order chi connectivity index (χ0) is 17.7. The van der Waals surface area contributed by atoms with E-state index in [4.69, 9.17) is 10.5 Å². The minimum atomic E-state index is -0.769. The third-order valence-corrected chi connectivity index (χ3v) is 4.59. The van der Waals surface area contributed by atoms with Gasteiger partial charge in [0.25, 0.3) is 5.91 Å². The van der Waals surface area contributed by atoms with Crippen LogP contribution in [0.15, 0.2) is 16.6 Å². The molecule has 0 saturated carbocycles. The number of primary amides is 1. The van der Waals surface area contributed by atoms with Crippen LogP contribution in [0.3, 0.4) is 0 Å². The molecule has 1 atom stereocenters. The van der Waals surface area contributed by atoms with E-state index in [0.717, 1.165) is 32.7 Å². The van der Waals surface area contributed by atoms with E-state index < -0.39 is 11.7 Å². The average Bonchev–Trinajstić information content (AvgIpc) is 2.50. The molecule has 1 aliphatic heterocycles. The van der Waals surface area contributed by atoms with Gasteiger partial charge in [0.1, 0.15) is 5.82 Å². The zero-order valence-electron chi connectivity index (χ0n) is 14.1. The largest absolute Gasteiger partial charge is 0.383 e. The molecule has 3 N–H and O–H groups in total. The van der Waals surface area contributed by atoms with Crippen molar-refractivity contribution in [3.8, 4) is 0 Å². The number of carbonyl (C=O) groups excluding carboxylic acids is 1. The molecule has 1 fully saturated rings. The predicted octanol–water partition coefficient (Wildman–Crippen LogP) is 2.85. The van der Waals surface area contributed by atoms with E-state index in [2.05, 4.69) is 40.0 Å². The zero-order valence-corrected chi connectivity index (χ0v) is 15.7. The maximum Gasteiger partial charge on any atom is 0.253 e. The molecule has 1 amide bonds. The Kier molecular flexibility index (Phi) is 7.01. The van der Waals surface area contributed by atoms with Crippen LogP contribution in [0.4, 0.5) is 10.1 Å². The molecule has 24 heavy (non-hydrogen) atoms. The van der Waals surface area contributed by atoms with Crippen LogP contribution >= 0.6 is 15.9 Å². The molecule has 0 bridgehead atoms. The summed E-state index contributed by atoms with van der Waals surface area (Å²) in [5.74, 6) is -0.852. The summed E-state index contributed by atoms with van der Waals surface area (Å²) in [6.07, 6.45) is 1.01. The van der Waals surface area contributed by atoms with Gasteiger partial charge in [0.2, 0.25) is 0 Å². The number of anilines is 1. The van der Waals surface area contributed by atoms with Crippen molar-refractivity contribution in [2.75, 3.05) is 38.2 Å². The van der Waals surface area contributed by atoms with Gasteiger partial charge in [-0.15, -0.1) is 0 Å². The maximum absolute atomic E-state index is 14.1. The number of hydrogen-bond acceptors (Lipinski definition) is 4. The monoisotopic (exact) mass is 401 g/mol. The number of hydrogen-bond donors (Lipinski definition) is 2. The normalized spacial score (nSPS) is 17.0. The quantitative estimate of drug-likeness (QED) is 0.736. The lowest BCUT2D eigenvalue weighted by atomic mass is 10.0. The van der Waals surface area contributed by atoms with Gasteiger partial charge in [-0.25, -0.2) is 4.39 Å². The van der Waals surface area contributed by atoms with Gasteiger partial charge in [-0.2, -0.15) is 0 Å². The second kappa shape index (κ2) is 8.78. The van der Waals surface area contributed by atoms with Gasteiger partial charge in [0, 0.05) is 30.1 Å². The first kappa shape index (κ1) is 19.1. The first-order chi connectivity index (χ1) is 11.4. The Labute approximate surface area is 150 Å². The molecule has 1 heterocycles. The van der Waals surface area contributed by atoms with Crippen molar-refractivity contribution in [1.29, 1.82) is 0 Å². The molecule has 0 spiro atoms. The third kappa shape index (κ3) is 5.16. The lowest BCUT2D eigenvalue weighted by molar-refractivity contribution is 0.0151. The summed E-state index contributed by atoms with van der Waals surface area (Å²) in [5.41, 5.74) is 5.67. The van der Waals surface area contributed by atoms with Crippen molar-refractivity contribution < 1.29 is 13.9 Å². The Hall–Kier alpha value is -1.18. The topological polar surface area (TPSA) is 67.6 Å². The standard InChI is InChI=1S/C17H25BrFN3O2/c1-11(2)7-13(22-3-5-24-6-4-22)10-21-15-9-12(18)8-14(19)16(15)17(20)23/h8-9,11,13,21H,3-7,10H2,1-2H3,(H2,20,23). The fourth-order valence-corrected chi connectivity index (χ4v) is 3.47. The molecule has 1 unspecified atom stereocenters. The predicted molar refractivity (Wildman–Crippen MR) is 96.7 cm³/mol. The third-order valence-electron chi connectivity index (χ3n) is 4.14. The van der Waals surface area contributed by atoms with Crippen LogP contribution in [-0.4, -0.2) is 49.7 Å². The summed E-state index contributed by atoms with van der Waals surface area (Å²) in [6, 6.07) is 3.23. The molecule has 0 aromatic heterocycles. The molecule has 5 nitrogen and oxygen atoms in total. The van der Waals surface area contributed by atoms with E-state index in [9.17, 15) is 9.18 Å². The van der Waals surface area contributed by atoms with E-state index >= 15 is 0 Å². The smallest absolute Gasteiger partial charge is 0.253 e. The van der Waals surface area contributed by atoms with Crippen LogP contribution in [0.25, 0.3) is 0 Å². The number of morpholine rings is 1. The second-order valence-electron chi connectivity index (χ2n) is 6.49. The molecule has 134 valence electrons. The van der Waals surface area contributed by atoms with E-state index in [1.165, 1.54) is 6.07 Å². The molecule has 0 aliphatic carbocycles. The van der Waals surface area contributed by atoms with Crippen LogP contribution in [0.5, 0.6) is 0 Å². The highest BCUT2D eigenvalue weighted by atomic mass is 79.9. The molecular weight excluding hydrogens is 377 g/mol. The van der Waals surface area contributed by atoms with E-state index in [0.29, 0.717) is 22.6 Å². The average molecular weight is 402 g/mol. The van der Waals surface area contributed by atoms with E-state index in [1.807, 2.05) is 0 Å². The summed E-state index contributed by atoms with van der Waals surface area (Å²) < 4.78 is 20.0. The minimum Gasteiger partial charge on any atom is -0.383 e. The van der Waals surface area contributed by atoms with Crippen molar-refractivity contribution in [2.45, 2.75) is 26.3 Å². The first-order valence-corrected chi connectivity index (χ1v) is 9.02. The van der Waals surface area contributed by atoms with Crippen LogP contribution < -0.4 is 11.1 Å². The lowest BCUT2D eigenvalue weighted by Crippen LogP contribution is -2.47. The lowest BCUT2D eigenvalue weighted by Gasteiger charge is -2.35. The minimum absolute atomic E-state index is 0.0940. The van der Waals surface area contributed by atoms with E-state index in [1.54, 1.807) is 6.07 Å². The Bertz CT molecular complexity index is 577. The summed E-state index contributed by atoms with van der Waals surface area (Å²) in [7, 11) is 0. The first-order valence-electron chi connectivity index (χ1n) is 8.23. The highest BCUT2D eigenvalue weighted by Crippen LogP contribution is 2.25. The van der Waals surface area contributed by atoms with Gasteiger partial charge < -0.3 is 15.8 Å². The van der Waals surface area contributed by atoms with Gasteiger partial charge >= 0.3 is 0 Å². The fraction of sp³-hybridized carbons (Fsp3) is 0.588. The Morgan fingerprint density at radius 3 is 2.67 bits per heavy atom. The van der Waals surface area contributed by atoms with Gasteiger partial charge in [0.15, 0.2) is 0 Å². The number of nitrogens with zero attached hydrogens (tertiary/aromatic N) is 1. The van der Waals surface area contributed by atoms with E-state index in [-0.39, 0.29) is 11.6 Å². The van der Waals surface area contributed by atoms with Crippen molar-refractivity contribution in [2.24, 2.45) is 11.7 Å². The second-order valence-corrected chi connectivity index (χ2v) is 7.40. The van der Waals surface area contributed by atoms with Crippen molar-refractivity contribution in [1.82, 2.24) is 4.90 Å². The van der Waals surface area contributed by atoms with Crippen LogP contribution in [0.1, 0.15) is 30.6 Å². The Morgan fingerprint density at radius 1 is 1.42 bits per heavy atom. The molecule has 0 radical (unpaired) electrons. The summed E-state index contributed by atoms with van der Waals surface area (Å²) in [5, 5.41) is 3.23.